The summed E-state index contributed by atoms with van der Waals surface area (Å²) in [7, 11) is 0. The highest BCUT2D eigenvalue weighted by molar-refractivity contribution is 6.31. The lowest BCUT2D eigenvalue weighted by molar-refractivity contribution is 0.103. The van der Waals surface area contributed by atoms with E-state index in [0.29, 0.717) is 21.8 Å². The van der Waals surface area contributed by atoms with Crippen molar-refractivity contribution in [2.45, 2.75) is 20.8 Å². The maximum absolute atomic E-state index is 12.6. The van der Waals surface area contributed by atoms with E-state index < -0.39 is 0 Å². The summed E-state index contributed by atoms with van der Waals surface area (Å²) in [5, 5.41) is 0.679. The van der Waals surface area contributed by atoms with Crippen molar-refractivity contribution < 1.29 is 4.79 Å². The average molecular weight is 274 g/mol. The van der Waals surface area contributed by atoms with Crippen molar-refractivity contribution >= 4 is 23.1 Å². The lowest BCUT2D eigenvalue weighted by Crippen LogP contribution is -2.07. The van der Waals surface area contributed by atoms with Gasteiger partial charge in [-0.1, -0.05) is 23.7 Å². The molecule has 0 radical (unpaired) electrons. The Kier molecular flexibility index (Phi) is 3.63. The van der Waals surface area contributed by atoms with Crippen LogP contribution in [0.5, 0.6) is 0 Å². The van der Waals surface area contributed by atoms with Crippen LogP contribution in [0.25, 0.3) is 0 Å². The molecule has 2 nitrogen and oxygen atoms in total. The molecule has 0 fully saturated rings. The molecule has 3 heteroatoms. The molecule has 0 spiro atoms. The van der Waals surface area contributed by atoms with Gasteiger partial charge in [-0.15, -0.1) is 0 Å². The summed E-state index contributed by atoms with van der Waals surface area (Å²) in [6.45, 7) is 5.64. The molecular formula is C16H16ClNO. The summed E-state index contributed by atoms with van der Waals surface area (Å²) in [5.74, 6) is -0.0120. The van der Waals surface area contributed by atoms with E-state index in [-0.39, 0.29) is 5.78 Å². The number of halogens is 1. The largest absolute Gasteiger partial charge is 0.398 e. The summed E-state index contributed by atoms with van der Waals surface area (Å²) < 4.78 is 0. The van der Waals surface area contributed by atoms with E-state index in [1.165, 1.54) is 0 Å². The minimum atomic E-state index is -0.0120. The van der Waals surface area contributed by atoms with E-state index in [1.54, 1.807) is 18.2 Å². The Morgan fingerprint density at radius 2 is 1.74 bits per heavy atom. The summed E-state index contributed by atoms with van der Waals surface area (Å²) in [6.07, 6.45) is 0. The first-order chi connectivity index (χ1) is 8.91. The Labute approximate surface area is 118 Å². The van der Waals surface area contributed by atoms with Crippen molar-refractivity contribution in [1.82, 2.24) is 0 Å². The second-order valence-corrected chi connectivity index (χ2v) is 5.17. The number of nitrogens with two attached hydrogens (primary N) is 1. The Bertz CT molecular complexity index is 662. The molecule has 0 amide bonds. The van der Waals surface area contributed by atoms with E-state index >= 15 is 0 Å². The molecular weight excluding hydrogens is 258 g/mol. The van der Waals surface area contributed by atoms with Gasteiger partial charge in [0.05, 0.1) is 0 Å². The predicted molar refractivity (Wildman–Crippen MR) is 79.9 cm³/mol. The number of rotatable bonds is 2. The minimum Gasteiger partial charge on any atom is -0.398 e. The lowest BCUT2D eigenvalue weighted by Gasteiger charge is -2.11. The smallest absolute Gasteiger partial charge is 0.193 e. The number of hydrogen-bond donors (Lipinski definition) is 1. The molecule has 0 aromatic heterocycles. The van der Waals surface area contributed by atoms with Gasteiger partial charge < -0.3 is 5.73 Å². The van der Waals surface area contributed by atoms with E-state index in [1.807, 2.05) is 32.9 Å². The highest BCUT2D eigenvalue weighted by Gasteiger charge is 2.16. The first-order valence-electron chi connectivity index (χ1n) is 6.08. The standard InChI is InChI=1S/C16H16ClNO/c1-9-8-14(17)10(2)7-13(9)16(19)12-5-4-6-15(18)11(12)3/h4-8H,18H2,1-3H3. The van der Waals surface area contributed by atoms with Crippen LogP contribution in [0.4, 0.5) is 5.69 Å². The maximum atomic E-state index is 12.6. The van der Waals surface area contributed by atoms with Gasteiger partial charge in [-0.2, -0.15) is 0 Å². The maximum Gasteiger partial charge on any atom is 0.193 e. The summed E-state index contributed by atoms with van der Waals surface area (Å²) in [5.41, 5.74) is 10.4. The van der Waals surface area contributed by atoms with Crippen molar-refractivity contribution in [2.75, 3.05) is 5.73 Å². The normalized spacial score (nSPS) is 10.5. The van der Waals surface area contributed by atoms with Gasteiger partial charge in [-0.3, -0.25) is 4.79 Å². The van der Waals surface area contributed by atoms with Crippen LogP contribution in [0.2, 0.25) is 5.02 Å². The van der Waals surface area contributed by atoms with Crippen LogP contribution in [-0.2, 0) is 0 Å². The van der Waals surface area contributed by atoms with Gasteiger partial charge in [0, 0.05) is 21.8 Å². The third kappa shape index (κ3) is 2.49. The summed E-state index contributed by atoms with van der Waals surface area (Å²) >= 11 is 6.06. The zero-order valence-electron chi connectivity index (χ0n) is 11.3. The number of carbonyl (C=O) groups excluding carboxylic acids is 1. The third-order valence-electron chi connectivity index (χ3n) is 3.37. The Balaban J connectivity index is 2.56. The number of benzene rings is 2. The highest BCUT2D eigenvalue weighted by Crippen LogP contribution is 2.25. The van der Waals surface area contributed by atoms with Gasteiger partial charge >= 0.3 is 0 Å². The quantitative estimate of drug-likeness (QED) is 0.662. The molecule has 2 N–H and O–H groups in total. The molecule has 0 bridgehead atoms. The van der Waals surface area contributed by atoms with Gasteiger partial charge in [-0.25, -0.2) is 0 Å². The van der Waals surface area contributed by atoms with Gasteiger partial charge in [-0.05, 0) is 55.7 Å². The van der Waals surface area contributed by atoms with Gasteiger partial charge in [0.25, 0.3) is 0 Å². The first-order valence-corrected chi connectivity index (χ1v) is 6.46. The summed E-state index contributed by atoms with van der Waals surface area (Å²) in [4.78, 5) is 12.6. The van der Waals surface area contributed by atoms with Gasteiger partial charge in [0.15, 0.2) is 5.78 Å². The molecule has 2 rings (SSSR count). The average Bonchev–Trinajstić information content (AvgIpc) is 2.36. The fourth-order valence-electron chi connectivity index (χ4n) is 2.07. The number of aryl methyl sites for hydroxylation is 2. The van der Waals surface area contributed by atoms with Crippen molar-refractivity contribution in [2.24, 2.45) is 0 Å². The Morgan fingerprint density at radius 3 is 2.42 bits per heavy atom. The van der Waals surface area contributed by atoms with Crippen molar-refractivity contribution in [1.29, 1.82) is 0 Å². The fourth-order valence-corrected chi connectivity index (χ4v) is 2.29. The highest BCUT2D eigenvalue weighted by atomic mass is 35.5. The van der Waals surface area contributed by atoms with Gasteiger partial charge in [0.1, 0.15) is 0 Å². The second kappa shape index (κ2) is 5.06. The molecule has 0 atom stereocenters. The van der Waals surface area contributed by atoms with Crippen LogP contribution in [0, 0.1) is 20.8 Å². The minimum absolute atomic E-state index is 0.0120. The van der Waals surface area contributed by atoms with E-state index in [0.717, 1.165) is 16.7 Å². The number of carbonyl (C=O) groups is 1. The molecule has 98 valence electrons. The van der Waals surface area contributed by atoms with Crippen molar-refractivity contribution in [3.05, 3.63) is 63.2 Å². The summed E-state index contributed by atoms with van der Waals surface area (Å²) in [6, 6.07) is 9.06. The number of anilines is 1. The molecule has 0 aliphatic heterocycles. The Hall–Kier alpha value is -1.80. The van der Waals surface area contributed by atoms with Crippen LogP contribution in [-0.4, -0.2) is 5.78 Å². The fraction of sp³-hybridized carbons (Fsp3) is 0.188. The van der Waals surface area contributed by atoms with Crippen molar-refractivity contribution in [3.63, 3.8) is 0 Å². The molecule has 2 aromatic rings. The van der Waals surface area contributed by atoms with Crippen molar-refractivity contribution in [3.8, 4) is 0 Å². The second-order valence-electron chi connectivity index (χ2n) is 4.77. The predicted octanol–water partition coefficient (Wildman–Crippen LogP) is 4.08. The SMILES string of the molecule is Cc1cc(C(=O)c2cccc(N)c2C)c(C)cc1Cl. The zero-order valence-corrected chi connectivity index (χ0v) is 12.0. The van der Waals surface area contributed by atoms with E-state index in [9.17, 15) is 4.79 Å². The first kappa shape index (κ1) is 13.6. The van der Waals surface area contributed by atoms with Crippen LogP contribution in [0.15, 0.2) is 30.3 Å². The topological polar surface area (TPSA) is 43.1 Å². The Morgan fingerprint density at radius 1 is 1.05 bits per heavy atom. The molecule has 0 saturated heterocycles. The van der Waals surface area contributed by atoms with Crippen LogP contribution >= 0.6 is 11.6 Å². The molecule has 0 heterocycles. The molecule has 19 heavy (non-hydrogen) atoms. The monoisotopic (exact) mass is 273 g/mol. The molecule has 0 aliphatic rings. The van der Waals surface area contributed by atoms with E-state index in [4.69, 9.17) is 17.3 Å². The molecule has 2 aromatic carbocycles. The lowest BCUT2D eigenvalue weighted by atomic mass is 9.94. The van der Waals surface area contributed by atoms with E-state index in [2.05, 4.69) is 0 Å². The number of nitrogen functional groups attached to an aromatic ring is 1. The number of hydrogen-bond acceptors (Lipinski definition) is 2. The zero-order chi connectivity index (χ0) is 14.2. The van der Waals surface area contributed by atoms with Crippen LogP contribution < -0.4 is 5.73 Å². The molecule has 0 saturated carbocycles. The van der Waals surface area contributed by atoms with Crippen LogP contribution in [0.3, 0.4) is 0 Å². The van der Waals surface area contributed by atoms with Crippen LogP contribution in [0.1, 0.15) is 32.6 Å². The third-order valence-corrected chi connectivity index (χ3v) is 3.78. The number of ketones is 1. The van der Waals surface area contributed by atoms with Gasteiger partial charge in [0.2, 0.25) is 0 Å². The molecule has 0 aliphatic carbocycles. The molecule has 0 unspecified atom stereocenters.